The van der Waals surface area contributed by atoms with Gasteiger partial charge in [0, 0.05) is 31.3 Å². The molecule has 19 heavy (non-hydrogen) atoms. The molecule has 6 heteroatoms. The average Bonchev–Trinajstić information content (AvgIpc) is 2.75. The lowest BCUT2D eigenvalue weighted by atomic mass is 10.0. The van der Waals surface area contributed by atoms with Gasteiger partial charge < -0.3 is 5.11 Å². The summed E-state index contributed by atoms with van der Waals surface area (Å²) < 4.78 is 41.4. The highest BCUT2D eigenvalue weighted by atomic mass is 19.1. The van der Waals surface area contributed by atoms with Gasteiger partial charge in [0.15, 0.2) is 0 Å². The van der Waals surface area contributed by atoms with Gasteiger partial charge in [0.05, 0.1) is 17.9 Å². The van der Waals surface area contributed by atoms with E-state index in [0.717, 1.165) is 0 Å². The van der Waals surface area contributed by atoms with Crippen molar-refractivity contribution in [2.75, 3.05) is 0 Å². The van der Waals surface area contributed by atoms with E-state index >= 15 is 0 Å². The van der Waals surface area contributed by atoms with Crippen LogP contribution in [0.5, 0.6) is 0 Å². The number of hydrogen-bond donors (Lipinski definition) is 1. The van der Waals surface area contributed by atoms with E-state index in [2.05, 4.69) is 5.10 Å². The van der Waals surface area contributed by atoms with Crippen LogP contribution in [0.3, 0.4) is 0 Å². The lowest BCUT2D eigenvalue weighted by Crippen LogP contribution is -2.07. The number of aliphatic hydroxyl groups excluding tert-OH is 1. The molecule has 102 valence electrons. The maximum atomic E-state index is 13.5. The van der Waals surface area contributed by atoms with Crippen molar-refractivity contribution in [2.24, 2.45) is 0 Å². The Hall–Kier alpha value is -1.82. The predicted octanol–water partition coefficient (Wildman–Crippen LogP) is 2.60. The molecule has 2 rings (SSSR count). The fourth-order valence-corrected chi connectivity index (χ4v) is 1.88. The number of aromatic nitrogens is 2. The molecule has 1 aromatic carbocycles. The molecule has 0 saturated heterocycles. The second-order valence-electron chi connectivity index (χ2n) is 4.21. The van der Waals surface area contributed by atoms with Crippen molar-refractivity contribution in [3.05, 3.63) is 53.1 Å². The zero-order valence-electron chi connectivity index (χ0n) is 10.3. The van der Waals surface area contributed by atoms with Gasteiger partial charge in [0.1, 0.15) is 17.5 Å². The first-order valence-corrected chi connectivity index (χ1v) is 5.85. The summed E-state index contributed by atoms with van der Waals surface area (Å²) in [6.45, 7) is 2.56. The Morgan fingerprint density at radius 1 is 1.26 bits per heavy atom. The first-order chi connectivity index (χ1) is 9.01. The molecule has 1 unspecified atom stereocenters. The van der Waals surface area contributed by atoms with Gasteiger partial charge >= 0.3 is 0 Å². The molecule has 0 radical (unpaired) electrons. The number of aryl methyl sites for hydroxylation is 1. The SMILES string of the molecule is CCn1cc(CC(O)c2c(F)cc(F)cc2F)cn1. The third-order valence-electron chi connectivity index (χ3n) is 2.82. The molecule has 3 nitrogen and oxygen atoms in total. The third kappa shape index (κ3) is 2.96. The standard InChI is InChI=1S/C13H13F3N2O/c1-2-18-7-8(6-17-18)3-12(19)13-10(15)4-9(14)5-11(13)16/h4-7,12,19H,2-3H2,1H3. The summed E-state index contributed by atoms with van der Waals surface area (Å²) in [5.41, 5.74) is 0.128. The smallest absolute Gasteiger partial charge is 0.134 e. The Balaban J connectivity index is 2.22. The van der Waals surface area contributed by atoms with E-state index in [1.54, 1.807) is 10.9 Å². The van der Waals surface area contributed by atoms with Gasteiger partial charge in [0.25, 0.3) is 0 Å². The number of rotatable bonds is 4. The molecule has 2 aromatic rings. The Bertz CT molecular complexity index is 560. The zero-order chi connectivity index (χ0) is 14.0. The van der Waals surface area contributed by atoms with Gasteiger partial charge in [0.2, 0.25) is 0 Å². The van der Waals surface area contributed by atoms with Crippen LogP contribution >= 0.6 is 0 Å². The molecule has 1 N–H and O–H groups in total. The second kappa shape index (κ2) is 5.44. The molecule has 0 aliphatic heterocycles. The van der Waals surface area contributed by atoms with Crippen LogP contribution in [0.15, 0.2) is 24.5 Å². The molecular formula is C13H13F3N2O. The van der Waals surface area contributed by atoms with Crippen LogP contribution in [0.1, 0.15) is 24.2 Å². The third-order valence-corrected chi connectivity index (χ3v) is 2.82. The highest BCUT2D eigenvalue weighted by Gasteiger charge is 2.20. The maximum Gasteiger partial charge on any atom is 0.134 e. The van der Waals surface area contributed by atoms with Crippen LogP contribution in [0.25, 0.3) is 0 Å². The van der Waals surface area contributed by atoms with Crippen molar-refractivity contribution >= 4 is 0 Å². The molecule has 0 aliphatic rings. The minimum atomic E-state index is -1.38. The minimum absolute atomic E-state index is 0.0134. The molecule has 1 heterocycles. The number of halogens is 3. The first-order valence-electron chi connectivity index (χ1n) is 5.85. The van der Waals surface area contributed by atoms with Crippen LogP contribution in [0.2, 0.25) is 0 Å². The lowest BCUT2D eigenvalue weighted by molar-refractivity contribution is 0.168. The van der Waals surface area contributed by atoms with Crippen molar-refractivity contribution in [1.29, 1.82) is 0 Å². The van der Waals surface area contributed by atoms with E-state index in [4.69, 9.17) is 0 Å². The lowest BCUT2D eigenvalue weighted by Gasteiger charge is -2.12. The Labute approximate surface area is 108 Å². The topological polar surface area (TPSA) is 38.0 Å². The van der Waals surface area contributed by atoms with Crippen molar-refractivity contribution in [3.8, 4) is 0 Å². The van der Waals surface area contributed by atoms with Crippen molar-refractivity contribution in [1.82, 2.24) is 9.78 Å². The highest BCUT2D eigenvalue weighted by molar-refractivity contribution is 5.24. The van der Waals surface area contributed by atoms with Gasteiger partial charge in [-0.05, 0) is 12.5 Å². The summed E-state index contributed by atoms with van der Waals surface area (Å²) in [6, 6.07) is 1.11. The molecule has 1 aromatic heterocycles. The molecule has 0 saturated carbocycles. The summed E-state index contributed by atoms with van der Waals surface area (Å²) in [5, 5.41) is 13.9. The molecule has 0 bridgehead atoms. The van der Waals surface area contributed by atoms with Gasteiger partial charge in [-0.25, -0.2) is 13.2 Å². The summed E-state index contributed by atoms with van der Waals surface area (Å²) in [7, 11) is 0. The van der Waals surface area contributed by atoms with E-state index in [1.165, 1.54) is 6.20 Å². The molecule has 0 amide bonds. The van der Waals surface area contributed by atoms with Crippen LogP contribution in [-0.2, 0) is 13.0 Å². The summed E-state index contributed by atoms with van der Waals surface area (Å²) in [4.78, 5) is 0. The van der Waals surface area contributed by atoms with Crippen LogP contribution in [0, 0.1) is 17.5 Å². The van der Waals surface area contributed by atoms with Gasteiger partial charge in [-0.1, -0.05) is 0 Å². The molecular weight excluding hydrogens is 257 g/mol. The number of nitrogens with zero attached hydrogens (tertiary/aromatic N) is 2. The average molecular weight is 270 g/mol. The van der Waals surface area contributed by atoms with Crippen molar-refractivity contribution in [2.45, 2.75) is 26.0 Å². The molecule has 0 aliphatic carbocycles. The van der Waals surface area contributed by atoms with Crippen molar-refractivity contribution in [3.63, 3.8) is 0 Å². The van der Waals surface area contributed by atoms with E-state index in [-0.39, 0.29) is 6.42 Å². The Morgan fingerprint density at radius 3 is 2.42 bits per heavy atom. The summed E-state index contributed by atoms with van der Waals surface area (Å²) in [6.07, 6.45) is 1.84. The molecule has 0 spiro atoms. The summed E-state index contributed by atoms with van der Waals surface area (Å²) in [5.74, 6) is -3.19. The first kappa shape index (κ1) is 13.6. The minimum Gasteiger partial charge on any atom is -0.388 e. The zero-order valence-corrected chi connectivity index (χ0v) is 10.3. The fourth-order valence-electron chi connectivity index (χ4n) is 1.88. The van der Waals surface area contributed by atoms with Gasteiger partial charge in [-0.15, -0.1) is 0 Å². The number of benzene rings is 1. The predicted molar refractivity (Wildman–Crippen MR) is 62.9 cm³/mol. The normalized spacial score (nSPS) is 12.7. The summed E-state index contributed by atoms with van der Waals surface area (Å²) >= 11 is 0. The number of hydrogen-bond acceptors (Lipinski definition) is 2. The molecule has 0 fully saturated rings. The van der Waals surface area contributed by atoms with Crippen LogP contribution in [-0.4, -0.2) is 14.9 Å². The Kier molecular flexibility index (Phi) is 3.90. The largest absolute Gasteiger partial charge is 0.388 e. The second-order valence-corrected chi connectivity index (χ2v) is 4.21. The van der Waals surface area contributed by atoms with Gasteiger partial charge in [-0.2, -0.15) is 5.10 Å². The number of aliphatic hydroxyl groups is 1. The maximum absolute atomic E-state index is 13.5. The van der Waals surface area contributed by atoms with Crippen molar-refractivity contribution < 1.29 is 18.3 Å². The van der Waals surface area contributed by atoms with E-state index in [1.807, 2.05) is 6.92 Å². The van der Waals surface area contributed by atoms with Crippen LogP contribution in [0.4, 0.5) is 13.2 Å². The fraction of sp³-hybridized carbons (Fsp3) is 0.308. The monoisotopic (exact) mass is 270 g/mol. The quantitative estimate of drug-likeness (QED) is 0.927. The van der Waals surface area contributed by atoms with Crippen LogP contribution < -0.4 is 0 Å². The van der Waals surface area contributed by atoms with E-state index < -0.39 is 29.1 Å². The molecule has 1 atom stereocenters. The van der Waals surface area contributed by atoms with Gasteiger partial charge in [-0.3, -0.25) is 4.68 Å². The van der Waals surface area contributed by atoms with E-state index in [9.17, 15) is 18.3 Å². The Morgan fingerprint density at radius 2 is 1.89 bits per heavy atom. The van der Waals surface area contributed by atoms with E-state index in [0.29, 0.717) is 24.2 Å². The highest BCUT2D eigenvalue weighted by Crippen LogP contribution is 2.24.